The molecule has 1 saturated heterocycles. The lowest BCUT2D eigenvalue weighted by molar-refractivity contribution is -0.135. The van der Waals surface area contributed by atoms with Gasteiger partial charge in [0.2, 0.25) is 0 Å². The van der Waals surface area contributed by atoms with Gasteiger partial charge in [0, 0.05) is 13.0 Å². The molecule has 3 nitrogen and oxygen atoms in total. The lowest BCUT2D eigenvalue weighted by Crippen LogP contribution is -2.45. The SMILES string of the molecule is COc1ccc(CC(O)C2(C)CCCCO2)cc1F. The Hall–Kier alpha value is -1.13. The van der Waals surface area contributed by atoms with E-state index in [1.807, 2.05) is 6.92 Å². The molecule has 0 aromatic heterocycles. The number of rotatable bonds is 4. The van der Waals surface area contributed by atoms with Crippen LogP contribution in [0.15, 0.2) is 18.2 Å². The molecule has 19 heavy (non-hydrogen) atoms. The second-order valence-corrected chi connectivity index (χ2v) is 5.31. The van der Waals surface area contributed by atoms with Gasteiger partial charge in [0.15, 0.2) is 11.6 Å². The summed E-state index contributed by atoms with van der Waals surface area (Å²) in [6.45, 7) is 2.61. The zero-order chi connectivity index (χ0) is 13.9. The number of hydrogen-bond acceptors (Lipinski definition) is 3. The van der Waals surface area contributed by atoms with Crippen molar-refractivity contribution < 1.29 is 19.0 Å². The summed E-state index contributed by atoms with van der Waals surface area (Å²) in [4.78, 5) is 0. The number of methoxy groups -OCH3 is 1. The minimum Gasteiger partial charge on any atom is -0.494 e. The number of aliphatic hydroxyl groups is 1. The fraction of sp³-hybridized carbons (Fsp3) is 0.600. The second kappa shape index (κ2) is 5.88. The third-order valence-electron chi connectivity index (χ3n) is 3.85. The van der Waals surface area contributed by atoms with Crippen molar-refractivity contribution in [3.05, 3.63) is 29.6 Å². The Morgan fingerprint density at radius 2 is 2.26 bits per heavy atom. The molecule has 4 heteroatoms. The van der Waals surface area contributed by atoms with Crippen LogP contribution >= 0.6 is 0 Å². The van der Waals surface area contributed by atoms with Crippen LogP contribution in [0.2, 0.25) is 0 Å². The zero-order valence-corrected chi connectivity index (χ0v) is 11.5. The largest absolute Gasteiger partial charge is 0.494 e. The summed E-state index contributed by atoms with van der Waals surface area (Å²) in [7, 11) is 1.43. The van der Waals surface area contributed by atoms with Gasteiger partial charge in [0.25, 0.3) is 0 Å². The average molecular weight is 268 g/mol. The van der Waals surface area contributed by atoms with Crippen LogP contribution in [-0.4, -0.2) is 30.5 Å². The third-order valence-corrected chi connectivity index (χ3v) is 3.85. The number of halogens is 1. The molecule has 1 fully saturated rings. The molecule has 0 amide bonds. The van der Waals surface area contributed by atoms with Crippen LogP contribution in [0, 0.1) is 5.82 Å². The van der Waals surface area contributed by atoms with Gasteiger partial charge in [0.1, 0.15) is 0 Å². The highest BCUT2D eigenvalue weighted by molar-refractivity contribution is 5.29. The van der Waals surface area contributed by atoms with Gasteiger partial charge in [-0.2, -0.15) is 0 Å². The molecule has 2 rings (SSSR count). The maximum atomic E-state index is 13.6. The van der Waals surface area contributed by atoms with Crippen molar-refractivity contribution in [3.63, 3.8) is 0 Å². The summed E-state index contributed by atoms with van der Waals surface area (Å²) < 4.78 is 24.2. The Morgan fingerprint density at radius 1 is 1.47 bits per heavy atom. The number of aliphatic hydroxyl groups excluding tert-OH is 1. The summed E-state index contributed by atoms with van der Waals surface area (Å²) in [5.41, 5.74) is 0.232. The predicted octanol–water partition coefficient (Wildman–Crippen LogP) is 2.70. The molecule has 106 valence electrons. The van der Waals surface area contributed by atoms with E-state index in [-0.39, 0.29) is 5.75 Å². The standard InChI is InChI=1S/C15H21FO3/c1-15(7-3-4-8-19-15)14(17)10-11-5-6-13(18-2)12(16)9-11/h5-6,9,14,17H,3-4,7-8,10H2,1-2H3. The van der Waals surface area contributed by atoms with Crippen LogP contribution in [0.25, 0.3) is 0 Å². The molecule has 1 aliphatic rings. The lowest BCUT2D eigenvalue weighted by Gasteiger charge is -2.38. The normalized spacial score (nSPS) is 25.1. The Kier molecular flexibility index (Phi) is 4.42. The first-order valence-electron chi connectivity index (χ1n) is 6.69. The van der Waals surface area contributed by atoms with Gasteiger partial charge in [-0.1, -0.05) is 6.07 Å². The Bertz CT molecular complexity index is 427. The second-order valence-electron chi connectivity index (χ2n) is 5.31. The molecule has 1 heterocycles. The smallest absolute Gasteiger partial charge is 0.165 e. The van der Waals surface area contributed by atoms with E-state index >= 15 is 0 Å². The van der Waals surface area contributed by atoms with E-state index in [4.69, 9.17) is 9.47 Å². The molecule has 0 aliphatic carbocycles. The van der Waals surface area contributed by atoms with E-state index in [0.29, 0.717) is 13.0 Å². The number of ether oxygens (including phenoxy) is 2. The molecule has 0 spiro atoms. The van der Waals surface area contributed by atoms with E-state index in [2.05, 4.69) is 0 Å². The summed E-state index contributed by atoms with van der Waals surface area (Å²) >= 11 is 0. The Balaban J connectivity index is 2.05. The first kappa shape index (κ1) is 14.3. The molecule has 2 atom stereocenters. The van der Waals surface area contributed by atoms with Crippen LogP contribution in [0.5, 0.6) is 5.75 Å². The van der Waals surface area contributed by atoms with E-state index < -0.39 is 17.5 Å². The van der Waals surface area contributed by atoms with E-state index in [0.717, 1.165) is 24.8 Å². The van der Waals surface area contributed by atoms with Crippen LogP contribution in [0.3, 0.4) is 0 Å². The van der Waals surface area contributed by atoms with E-state index in [9.17, 15) is 9.50 Å². The number of hydrogen-bond donors (Lipinski definition) is 1. The van der Waals surface area contributed by atoms with Crippen LogP contribution < -0.4 is 4.74 Å². The monoisotopic (exact) mass is 268 g/mol. The van der Waals surface area contributed by atoms with Crippen LogP contribution in [-0.2, 0) is 11.2 Å². The van der Waals surface area contributed by atoms with Crippen LogP contribution in [0.1, 0.15) is 31.7 Å². The summed E-state index contributed by atoms with van der Waals surface area (Å²) in [6, 6.07) is 4.77. The fourth-order valence-corrected chi connectivity index (χ4v) is 2.49. The minimum atomic E-state index is -0.624. The topological polar surface area (TPSA) is 38.7 Å². The quantitative estimate of drug-likeness (QED) is 0.912. The summed E-state index contributed by atoms with van der Waals surface area (Å²) in [5.74, 6) is -0.180. The lowest BCUT2D eigenvalue weighted by atomic mass is 9.87. The van der Waals surface area contributed by atoms with Crippen molar-refractivity contribution in [2.75, 3.05) is 13.7 Å². The van der Waals surface area contributed by atoms with Gasteiger partial charge in [-0.15, -0.1) is 0 Å². The molecule has 1 aromatic rings. The maximum Gasteiger partial charge on any atom is 0.165 e. The predicted molar refractivity (Wildman–Crippen MR) is 70.9 cm³/mol. The molecule has 1 aliphatic heterocycles. The first-order chi connectivity index (χ1) is 9.05. The van der Waals surface area contributed by atoms with Gasteiger partial charge in [-0.3, -0.25) is 0 Å². The van der Waals surface area contributed by atoms with E-state index in [1.54, 1.807) is 12.1 Å². The summed E-state index contributed by atoms with van der Waals surface area (Å²) in [6.07, 6.45) is 2.70. The van der Waals surface area contributed by atoms with Gasteiger partial charge >= 0.3 is 0 Å². The summed E-state index contributed by atoms with van der Waals surface area (Å²) in [5, 5.41) is 10.3. The average Bonchev–Trinajstić information content (AvgIpc) is 2.40. The van der Waals surface area contributed by atoms with Gasteiger partial charge in [0.05, 0.1) is 18.8 Å². The third kappa shape index (κ3) is 3.25. The van der Waals surface area contributed by atoms with E-state index in [1.165, 1.54) is 13.2 Å². The highest BCUT2D eigenvalue weighted by atomic mass is 19.1. The minimum absolute atomic E-state index is 0.221. The van der Waals surface area contributed by atoms with Crippen molar-refractivity contribution >= 4 is 0 Å². The molecule has 1 aromatic carbocycles. The van der Waals surface area contributed by atoms with Crippen molar-refractivity contribution in [2.45, 2.75) is 44.3 Å². The van der Waals surface area contributed by atoms with Crippen molar-refractivity contribution in [2.24, 2.45) is 0 Å². The highest BCUT2D eigenvalue weighted by Gasteiger charge is 2.35. The molecule has 0 radical (unpaired) electrons. The maximum absolute atomic E-state index is 13.6. The Labute approximate surface area is 113 Å². The van der Waals surface area contributed by atoms with Crippen molar-refractivity contribution in [1.29, 1.82) is 0 Å². The number of benzene rings is 1. The molecule has 2 unspecified atom stereocenters. The first-order valence-corrected chi connectivity index (χ1v) is 6.69. The molecule has 1 N–H and O–H groups in total. The highest BCUT2D eigenvalue weighted by Crippen LogP contribution is 2.30. The zero-order valence-electron chi connectivity index (χ0n) is 11.5. The van der Waals surface area contributed by atoms with Crippen molar-refractivity contribution in [1.82, 2.24) is 0 Å². The van der Waals surface area contributed by atoms with Crippen molar-refractivity contribution in [3.8, 4) is 5.75 Å². The van der Waals surface area contributed by atoms with Crippen LogP contribution in [0.4, 0.5) is 4.39 Å². The molecular weight excluding hydrogens is 247 g/mol. The van der Waals surface area contributed by atoms with Gasteiger partial charge in [-0.25, -0.2) is 4.39 Å². The van der Waals surface area contributed by atoms with Gasteiger partial charge < -0.3 is 14.6 Å². The fourth-order valence-electron chi connectivity index (χ4n) is 2.49. The van der Waals surface area contributed by atoms with Gasteiger partial charge in [-0.05, 0) is 43.9 Å². The Morgan fingerprint density at radius 3 is 2.84 bits per heavy atom. The molecular formula is C15H21FO3. The molecule has 0 bridgehead atoms. The molecule has 0 saturated carbocycles.